The van der Waals surface area contributed by atoms with Crippen LogP contribution in [0.3, 0.4) is 0 Å². The second-order valence-electron chi connectivity index (χ2n) is 3.64. The Morgan fingerprint density at radius 2 is 2.33 bits per heavy atom. The van der Waals surface area contributed by atoms with Crippen LogP contribution in [0.1, 0.15) is 12.6 Å². The Hall–Kier alpha value is -1.83. The van der Waals surface area contributed by atoms with Crippen molar-refractivity contribution in [1.29, 1.82) is 0 Å². The lowest BCUT2D eigenvalue weighted by molar-refractivity contribution is -0.133. The van der Waals surface area contributed by atoms with Gasteiger partial charge in [0.1, 0.15) is 0 Å². The van der Waals surface area contributed by atoms with Crippen LogP contribution in [0.2, 0.25) is 0 Å². The minimum atomic E-state index is -0.869. The van der Waals surface area contributed by atoms with Gasteiger partial charge in [0, 0.05) is 12.2 Å². The maximum atomic E-state index is 10.6. The van der Waals surface area contributed by atoms with Crippen LogP contribution in [-0.2, 0) is 11.3 Å². The van der Waals surface area contributed by atoms with Gasteiger partial charge in [0.2, 0.25) is 0 Å². The molecule has 2 aromatic heterocycles. The summed E-state index contributed by atoms with van der Waals surface area (Å²) >= 11 is 1.16. The van der Waals surface area contributed by atoms with Crippen molar-refractivity contribution >= 4 is 17.7 Å². The molecule has 0 spiro atoms. The highest BCUT2D eigenvalue weighted by Crippen LogP contribution is 2.24. The minimum Gasteiger partial charge on any atom is -0.481 e. The van der Waals surface area contributed by atoms with E-state index in [1.54, 1.807) is 6.20 Å². The van der Waals surface area contributed by atoms with Crippen LogP contribution >= 0.6 is 11.8 Å². The van der Waals surface area contributed by atoms with Crippen LogP contribution < -0.4 is 0 Å². The average Bonchev–Trinajstić information content (AvgIpc) is 2.91. The van der Waals surface area contributed by atoms with Gasteiger partial charge in [0.15, 0.2) is 11.0 Å². The summed E-state index contributed by atoms with van der Waals surface area (Å²) in [6, 6.07) is 0. The number of aryl methyl sites for hydroxylation is 1. The molecular formula is C10H13N5O2S. The van der Waals surface area contributed by atoms with Gasteiger partial charge in [-0.25, -0.2) is 0 Å². The molecule has 18 heavy (non-hydrogen) atoms. The van der Waals surface area contributed by atoms with Crippen molar-refractivity contribution in [2.75, 3.05) is 5.75 Å². The normalized spacial score (nSPS) is 10.8. The number of nitrogens with one attached hydrogen (secondary N) is 1. The summed E-state index contributed by atoms with van der Waals surface area (Å²) in [5, 5.41) is 24.2. The maximum Gasteiger partial charge on any atom is 0.313 e. The SMILES string of the molecule is CCn1c(SCC(=O)O)nnc1-c1cn[nH]c1C. The van der Waals surface area contributed by atoms with Crippen molar-refractivity contribution in [1.82, 2.24) is 25.0 Å². The highest BCUT2D eigenvalue weighted by Gasteiger charge is 2.16. The molecule has 0 aliphatic heterocycles. The largest absolute Gasteiger partial charge is 0.481 e. The van der Waals surface area contributed by atoms with Crippen LogP contribution in [0.5, 0.6) is 0 Å². The van der Waals surface area contributed by atoms with Crippen molar-refractivity contribution in [3.8, 4) is 11.4 Å². The van der Waals surface area contributed by atoms with Crippen molar-refractivity contribution in [3.63, 3.8) is 0 Å². The number of nitrogens with zero attached hydrogens (tertiary/aromatic N) is 4. The number of aromatic amines is 1. The number of carbonyl (C=O) groups is 1. The summed E-state index contributed by atoms with van der Waals surface area (Å²) < 4.78 is 1.88. The molecule has 2 aromatic rings. The van der Waals surface area contributed by atoms with E-state index in [2.05, 4.69) is 20.4 Å². The summed E-state index contributed by atoms with van der Waals surface area (Å²) in [6.07, 6.45) is 1.69. The maximum absolute atomic E-state index is 10.6. The van der Waals surface area contributed by atoms with Gasteiger partial charge in [-0.2, -0.15) is 5.10 Å². The smallest absolute Gasteiger partial charge is 0.313 e. The van der Waals surface area contributed by atoms with Gasteiger partial charge in [-0.05, 0) is 13.8 Å². The molecule has 0 saturated carbocycles. The number of hydrogen-bond donors (Lipinski definition) is 2. The summed E-state index contributed by atoms with van der Waals surface area (Å²) in [5.41, 5.74) is 1.79. The number of H-pyrrole nitrogens is 1. The average molecular weight is 267 g/mol. The van der Waals surface area contributed by atoms with Gasteiger partial charge < -0.3 is 9.67 Å². The monoisotopic (exact) mass is 267 g/mol. The predicted molar refractivity (Wildman–Crippen MR) is 66.4 cm³/mol. The van der Waals surface area contributed by atoms with Crippen LogP contribution in [0.4, 0.5) is 0 Å². The van der Waals surface area contributed by atoms with E-state index < -0.39 is 5.97 Å². The number of thioether (sulfide) groups is 1. The fourth-order valence-electron chi connectivity index (χ4n) is 1.58. The molecular weight excluding hydrogens is 254 g/mol. The van der Waals surface area contributed by atoms with E-state index in [4.69, 9.17) is 5.11 Å². The molecule has 0 aromatic carbocycles. The molecule has 8 heteroatoms. The zero-order valence-electron chi connectivity index (χ0n) is 10.0. The van der Waals surface area contributed by atoms with Gasteiger partial charge in [0.25, 0.3) is 0 Å². The van der Waals surface area contributed by atoms with E-state index >= 15 is 0 Å². The van der Waals surface area contributed by atoms with Crippen molar-refractivity contribution in [3.05, 3.63) is 11.9 Å². The summed E-state index contributed by atoms with van der Waals surface area (Å²) in [7, 11) is 0. The molecule has 0 amide bonds. The lowest BCUT2D eigenvalue weighted by atomic mass is 10.2. The molecule has 0 aliphatic carbocycles. The molecule has 0 aliphatic rings. The predicted octanol–water partition coefficient (Wildman–Crippen LogP) is 1.17. The Balaban J connectivity index is 2.33. The third kappa shape index (κ3) is 2.37. The van der Waals surface area contributed by atoms with E-state index in [1.165, 1.54) is 0 Å². The quantitative estimate of drug-likeness (QED) is 0.789. The third-order valence-electron chi connectivity index (χ3n) is 2.43. The minimum absolute atomic E-state index is 0.0253. The molecule has 0 saturated heterocycles. The first-order chi connectivity index (χ1) is 8.63. The van der Waals surface area contributed by atoms with Crippen LogP contribution in [0, 0.1) is 6.92 Å². The Bertz CT molecular complexity index is 562. The number of carboxylic acid groups (broad SMARTS) is 1. The van der Waals surface area contributed by atoms with Gasteiger partial charge in [-0.15, -0.1) is 10.2 Å². The highest BCUT2D eigenvalue weighted by molar-refractivity contribution is 7.99. The first-order valence-electron chi connectivity index (χ1n) is 5.41. The lowest BCUT2D eigenvalue weighted by Crippen LogP contribution is -2.03. The molecule has 0 unspecified atom stereocenters. The second-order valence-corrected chi connectivity index (χ2v) is 4.58. The Morgan fingerprint density at radius 1 is 1.56 bits per heavy atom. The van der Waals surface area contributed by atoms with E-state index in [-0.39, 0.29) is 5.75 Å². The Kier molecular flexibility index (Phi) is 3.66. The molecule has 7 nitrogen and oxygen atoms in total. The van der Waals surface area contributed by atoms with E-state index in [9.17, 15) is 4.79 Å². The van der Waals surface area contributed by atoms with E-state index in [0.29, 0.717) is 17.5 Å². The zero-order chi connectivity index (χ0) is 13.1. The number of aliphatic carboxylic acids is 1. The molecule has 0 fully saturated rings. The molecule has 96 valence electrons. The van der Waals surface area contributed by atoms with E-state index in [1.807, 2.05) is 18.4 Å². The third-order valence-corrected chi connectivity index (χ3v) is 3.38. The first kappa shape index (κ1) is 12.6. The van der Waals surface area contributed by atoms with Gasteiger partial charge in [0.05, 0.1) is 17.5 Å². The second kappa shape index (κ2) is 5.21. The number of aromatic nitrogens is 5. The van der Waals surface area contributed by atoms with Crippen LogP contribution in [0.25, 0.3) is 11.4 Å². The molecule has 2 rings (SSSR count). The molecule has 0 radical (unpaired) electrons. The molecule has 0 atom stereocenters. The summed E-state index contributed by atoms with van der Waals surface area (Å²) in [6.45, 7) is 4.54. The van der Waals surface area contributed by atoms with E-state index in [0.717, 1.165) is 23.0 Å². The molecule has 2 N–H and O–H groups in total. The molecule has 0 bridgehead atoms. The lowest BCUT2D eigenvalue weighted by Gasteiger charge is -2.05. The number of rotatable bonds is 5. The highest BCUT2D eigenvalue weighted by atomic mass is 32.2. The summed E-state index contributed by atoms with van der Waals surface area (Å²) in [4.78, 5) is 10.6. The van der Waals surface area contributed by atoms with Crippen molar-refractivity contribution in [2.24, 2.45) is 0 Å². The van der Waals surface area contributed by atoms with Crippen molar-refractivity contribution in [2.45, 2.75) is 25.5 Å². The van der Waals surface area contributed by atoms with Crippen LogP contribution in [0.15, 0.2) is 11.4 Å². The van der Waals surface area contributed by atoms with Gasteiger partial charge in [-0.3, -0.25) is 9.89 Å². The van der Waals surface area contributed by atoms with Crippen LogP contribution in [-0.4, -0.2) is 41.8 Å². The Morgan fingerprint density at radius 3 is 2.89 bits per heavy atom. The standard InChI is InChI=1S/C10H13N5O2S/c1-3-15-9(7-4-11-12-6(7)2)13-14-10(15)18-5-8(16)17/h4H,3,5H2,1-2H3,(H,11,12)(H,16,17). The van der Waals surface area contributed by atoms with Gasteiger partial charge in [-0.1, -0.05) is 11.8 Å². The Labute approximate surface area is 108 Å². The zero-order valence-corrected chi connectivity index (χ0v) is 10.9. The number of hydrogen-bond acceptors (Lipinski definition) is 5. The fraction of sp³-hybridized carbons (Fsp3) is 0.400. The molecule has 2 heterocycles. The fourth-order valence-corrected chi connectivity index (χ4v) is 2.30. The number of carboxylic acids is 1. The summed E-state index contributed by atoms with van der Waals surface area (Å²) in [5.74, 6) is -0.189. The van der Waals surface area contributed by atoms with Gasteiger partial charge >= 0.3 is 5.97 Å². The topological polar surface area (TPSA) is 96.7 Å². The first-order valence-corrected chi connectivity index (χ1v) is 6.40. The van der Waals surface area contributed by atoms with Crippen molar-refractivity contribution < 1.29 is 9.90 Å².